The van der Waals surface area contributed by atoms with Crippen LogP contribution in [0.5, 0.6) is 0 Å². The average Bonchev–Trinajstić information content (AvgIpc) is 2.67. The lowest BCUT2D eigenvalue weighted by Crippen LogP contribution is -2.32. The van der Waals surface area contributed by atoms with Gasteiger partial charge in [0.15, 0.2) is 0 Å². The largest absolute Gasteiger partial charge is 0.356 e. The summed E-state index contributed by atoms with van der Waals surface area (Å²) in [7, 11) is 0. The maximum atomic E-state index is 12.1. The maximum Gasteiger partial charge on any atom is 0.226 e. The topological polar surface area (TPSA) is 32.3 Å². The molecule has 2 aliphatic rings. The Bertz CT molecular complexity index is 488. The van der Waals surface area contributed by atoms with Gasteiger partial charge in [-0.05, 0) is 56.5 Å². The second-order valence-electron chi connectivity index (χ2n) is 6.04. The van der Waals surface area contributed by atoms with E-state index in [1.54, 1.807) is 0 Å². The van der Waals surface area contributed by atoms with E-state index in [9.17, 15) is 4.79 Å². The minimum atomic E-state index is -0.0747. The van der Waals surface area contributed by atoms with Crippen molar-refractivity contribution in [2.45, 2.75) is 32.2 Å². The van der Waals surface area contributed by atoms with Crippen molar-refractivity contribution in [2.75, 3.05) is 19.6 Å². The molecule has 4 heteroatoms. The summed E-state index contributed by atoms with van der Waals surface area (Å²) in [5.41, 5.74) is 1.22. The lowest BCUT2D eigenvalue weighted by Gasteiger charge is -2.24. The number of nitrogens with one attached hydrogen (secondary N) is 1. The van der Waals surface area contributed by atoms with Crippen molar-refractivity contribution in [3.8, 4) is 0 Å². The van der Waals surface area contributed by atoms with Gasteiger partial charge in [0, 0.05) is 18.1 Å². The highest BCUT2D eigenvalue weighted by Crippen LogP contribution is 2.38. The van der Waals surface area contributed by atoms with E-state index >= 15 is 0 Å². The van der Waals surface area contributed by atoms with Crippen LogP contribution in [0, 0.1) is 5.41 Å². The SMILES string of the molecule is O=C1NCCC12CCCN(Cc1ccc(Cl)cc1)CC2. The van der Waals surface area contributed by atoms with Gasteiger partial charge in [-0.25, -0.2) is 0 Å². The van der Waals surface area contributed by atoms with E-state index in [4.69, 9.17) is 11.6 Å². The van der Waals surface area contributed by atoms with Crippen molar-refractivity contribution in [3.05, 3.63) is 34.9 Å². The molecule has 2 aliphatic heterocycles. The van der Waals surface area contributed by atoms with Crippen LogP contribution in [0.3, 0.4) is 0 Å². The van der Waals surface area contributed by atoms with Crippen LogP contribution in [-0.4, -0.2) is 30.4 Å². The Kier molecular flexibility index (Phi) is 3.99. The van der Waals surface area contributed by atoms with Crippen LogP contribution in [-0.2, 0) is 11.3 Å². The van der Waals surface area contributed by atoms with Gasteiger partial charge >= 0.3 is 0 Å². The minimum Gasteiger partial charge on any atom is -0.356 e. The number of nitrogens with zero attached hydrogens (tertiary/aromatic N) is 1. The number of halogens is 1. The first-order valence-corrected chi connectivity index (χ1v) is 7.81. The fraction of sp³-hybridized carbons (Fsp3) is 0.562. The van der Waals surface area contributed by atoms with Crippen LogP contribution in [0.2, 0.25) is 5.02 Å². The molecule has 0 saturated carbocycles. The van der Waals surface area contributed by atoms with Crippen LogP contribution < -0.4 is 5.32 Å². The molecular formula is C16H21ClN2O. The molecule has 2 saturated heterocycles. The van der Waals surface area contributed by atoms with Gasteiger partial charge in [-0.2, -0.15) is 0 Å². The normalized spacial score (nSPS) is 27.6. The van der Waals surface area contributed by atoms with Crippen molar-refractivity contribution in [2.24, 2.45) is 5.41 Å². The predicted molar refractivity (Wildman–Crippen MR) is 80.6 cm³/mol. The number of likely N-dealkylation sites (tertiary alicyclic amines) is 1. The third kappa shape index (κ3) is 2.84. The first-order chi connectivity index (χ1) is 9.68. The highest BCUT2D eigenvalue weighted by atomic mass is 35.5. The van der Waals surface area contributed by atoms with Crippen LogP contribution >= 0.6 is 11.6 Å². The third-order valence-corrected chi connectivity index (χ3v) is 4.98. The molecule has 1 spiro atoms. The van der Waals surface area contributed by atoms with Gasteiger partial charge < -0.3 is 5.32 Å². The molecular weight excluding hydrogens is 272 g/mol. The number of rotatable bonds is 2. The lowest BCUT2D eigenvalue weighted by molar-refractivity contribution is -0.128. The first kappa shape index (κ1) is 13.9. The summed E-state index contributed by atoms with van der Waals surface area (Å²) in [6.07, 6.45) is 4.16. The van der Waals surface area contributed by atoms with E-state index in [1.807, 2.05) is 12.1 Å². The number of amides is 1. The van der Waals surface area contributed by atoms with Crippen LogP contribution in [0.25, 0.3) is 0 Å². The Morgan fingerprint density at radius 2 is 1.95 bits per heavy atom. The smallest absolute Gasteiger partial charge is 0.226 e. The van der Waals surface area contributed by atoms with Gasteiger partial charge in [-0.3, -0.25) is 9.69 Å². The van der Waals surface area contributed by atoms with E-state index in [1.165, 1.54) is 5.56 Å². The molecule has 2 fully saturated rings. The van der Waals surface area contributed by atoms with Crippen LogP contribution in [0.15, 0.2) is 24.3 Å². The summed E-state index contributed by atoms with van der Waals surface area (Å²) in [5, 5.41) is 3.79. The summed E-state index contributed by atoms with van der Waals surface area (Å²) in [6.45, 7) is 3.90. The molecule has 3 rings (SSSR count). The number of benzene rings is 1. The highest BCUT2D eigenvalue weighted by molar-refractivity contribution is 6.30. The van der Waals surface area contributed by atoms with Crippen molar-refractivity contribution in [1.29, 1.82) is 0 Å². The Hall–Kier alpha value is -1.06. The second-order valence-corrected chi connectivity index (χ2v) is 6.48. The molecule has 1 aromatic carbocycles. The maximum absolute atomic E-state index is 12.1. The van der Waals surface area contributed by atoms with Gasteiger partial charge in [0.25, 0.3) is 0 Å². The van der Waals surface area contributed by atoms with Crippen LogP contribution in [0.4, 0.5) is 0 Å². The number of carbonyl (C=O) groups excluding carboxylic acids is 1. The van der Waals surface area contributed by atoms with Crippen molar-refractivity contribution < 1.29 is 4.79 Å². The predicted octanol–water partition coefficient (Wildman–Crippen LogP) is 2.83. The quantitative estimate of drug-likeness (QED) is 0.909. The number of carbonyl (C=O) groups is 1. The molecule has 0 aromatic heterocycles. The first-order valence-electron chi connectivity index (χ1n) is 7.43. The molecule has 108 valence electrons. The van der Waals surface area contributed by atoms with E-state index in [0.29, 0.717) is 0 Å². The molecule has 1 aromatic rings. The Morgan fingerprint density at radius 3 is 2.65 bits per heavy atom. The van der Waals surface area contributed by atoms with Gasteiger partial charge in [0.05, 0.1) is 5.41 Å². The summed E-state index contributed by atoms with van der Waals surface area (Å²) in [5.74, 6) is 0.283. The summed E-state index contributed by atoms with van der Waals surface area (Å²) < 4.78 is 0. The fourth-order valence-corrected chi connectivity index (χ4v) is 3.58. The zero-order chi connectivity index (χ0) is 14.0. The molecule has 1 atom stereocenters. The molecule has 20 heavy (non-hydrogen) atoms. The molecule has 0 bridgehead atoms. The van der Waals surface area contributed by atoms with Gasteiger partial charge in [-0.15, -0.1) is 0 Å². The lowest BCUT2D eigenvalue weighted by atomic mass is 9.79. The zero-order valence-electron chi connectivity index (χ0n) is 11.7. The minimum absolute atomic E-state index is 0.0747. The number of hydrogen-bond acceptors (Lipinski definition) is 2. The summed E-state index contributed by atoms with van der Waals surface area (Å²) >= 11 is 5.92. The van der Waals surface area contributed by atoms with Crippen molar-refractivity contribution >= 4 is 17.5 Å². The van der Waals surface area contributed by atoms with E-state index in [2.05, 4.69) is 22.3 Å². The fourth-order valence-electron chi connectivity index (χ4n) is 3.45. The second kappa shape index (κ2) is 5.74. The standard InChI is InChI=1S/C16H21ClN2O/c17-14-4-2-13(3-5-14)12-19-10-1-6-16(8-11-19)7-9-18-15(16)20/h2-5H,1,6-12H2,(H,18,20). The zero-order valence-corrected chi connectivity index (χ0v) is 12.5. The third-order valence-electron chi connectivity index (χ3n) is 4.73. The molecule has 0 radical (unpaired) electrons. The summed E-state index contributed by atoms with van der Waals surface area (Å²) in [6, 6.07) is 8.07. The van der Waals surface area contributed by atoms with Gasteiger partial charge in [-0.1, -0.05) is 23.7 Å². The van der Waals surface area contributed by atoms with Gasteiger partial charge in [0.2, 0.25) is 5.91 Å². The summed E-state index contributed by atoms with van der Waals surface area (Å²) in [4.78, 5) is 14.5. The number of hydrogen-bond donors (Lipinski definition) is 1. The van der Waals surface area contributed by atoms with Crippen molar-refractivity contribution in [3.63, 3.8) is 0 Å². The highest BCUT2D eigenvalue weighted by Gasteiger charge is 2.42. The molecule has 1 unspecified atom stereocenters. The Balaban J connectivity index is 1.62. The molecule has 1 N–H and O–H groups in total. The monoisotopic (exact) mass is 292 g/mol. The van der Waals surface area contributed by atoms with E-state index in [-0.39, 0.29) is 11.3 Å². The van der Waals surface area contributed by atoms with E-state index in [0.717, 1.165) is 56.9 Å². The molecule has 0 aliphatic carbocycles. The van der Waals surface area contributed by atoms with E-state index < -0.39 is 0 Å². The molecule has 2 heterocycles. The average molecular weight is 293 g/mol. The van der Waals surface area contributed by atoms with Crippen molar-refractivity contribution in [1.82, 2.24) is 10.2 Å². The van der Waals surface area contributed by atoms with Gasteiger partial charge in [0.1, 0.15) is 0 Å². The Morgan fingerprint density at radius 1 is 1.15 bits per heavy atom. The Labute approximate surface area is 125 Å². The van der Waals surface area contributed by atoms with Crippen LogP contribution in [0.1, 0.15) is 31.2 Å². The molecule has 3 nitrogen and oxygen atoms in total. The molecule has 1 amide bonds.